The second kappa shape index (κ2) is 7.34. The summed E-state index contributed by atoms with van der Waals surface area (Å²) in [5.74, 6) is 0.999. The number of nitrogens with zero attached hydrogens (tertiary/aromatic N) is 2. The Labute approximate surface area is 107 Å². The molecule has 0 saturated carbocycles. The van der Waals surface area contributed by atoms with E-state index in [0.29, 0.717) is 0 Å². The number of likely N-dealkylation sites (tertiary alicyclic amines) is 1. The zero-order valence-electron chi connectivity index (χ0n) is 11.5. The molecule has 0 aromatic rings. The number of nitrogens with one attached hydrogen (secondary N) is 1. The van der Waals surface area contributed by atoms with Gasteiger partial charge >= 0.3 is 0 Å². The van der Waals surface area contributed by atoms with Gasteiger partial charge < -0.3 is 10.2 Å². The number of hydrogen-bond acceptors (Lipinski definition) is 3. The van der Waals surface area contributed by atoms with Crippen LogP contribution in [0.3, 0.4) is 0 Å². The molecule has 1 unspecified atom stereocenters. The summed E-state index contributed by atoms with van der Waals surface area (Å²) in [4.78, 5) is 5.30. The number of rotatable bonds is 4. The van der Waals surface area contributed by atoms with Crippen LogP contribution in [0.1, 0.15) is 32.6 Å². The third-order valence-corrected chi connectivity index (χ3v) is 4.46. The van der Waals surface area contributed by atoms with E-state index in [-0.39, 0.29) is 0 Å². The largest absolute Gasteiger partial charge is 0.314 e. The Kier molecular flexibility index (Phi) is 5.75. The van der Waals surface area contributed by atoms with Gasteiger partial charge in [0, 0.05) is 39.3 Å². The molecule has 1 N–H and O–H groups in total. The van der Waals surface area contributed by atoms with Crippen molar-refractivity contribution in [2.45, 2.75) is 32.6 Å². The predicted molar refractivity (Wildman–Crippen MR) is 73.4 cm³/mol. The van der Waals surface area contributed by atoms with Gasteiger partial charge in [0.1, 0.15) is 0 Å². The van der Waals surface area contributed by atoms with Crippen LogP contribution >= 0.6 is 0 Å². The molecule has 3 heteroatoms. The first-order chi connectivity index (χ1) is 8.38. The summed E-state index contributed by atoms with van der Waals surface area (Å²) in [6.07, 6.45) is 5.68. The van der Waals surface area contributed by atoms with Gasteiger partial charge in [0.05, 0.1) is 0 Å². The van der Waals surface area contributed by atoms with Gasteiger partial charge in [-0.15, -0.1) is 0 Å². The molecule has 100 valence electrons. The van der Waals surface area contributed by atoms with E-state index in [0.717, 1.165) is 5.92 Å². The monoisotopic (exact) mass is 239 g/mol. The number of hydrogen-bond donors (Lipinski definition) is 1. The second-order valence-corrected chi connectivity index (χ2v) is 5.64. The Morgan fingerprint density at radius 1 is 0.941 bits per heavy atom. The molecule has 0 amide bonds. The lowest BCUT2D eigenvalue weighted by atomic mass is 9.98. The Hall–Kier alpha value is -0.120. The lowest BCUT2D eigenvalue weighted by molar-refractivity contribution is 0.190. The highest BCUT2D eigenvalue weighted by atomic mass is 15.2. The van der Waals surface area contributed by atoms with E-state index in [1.807, 2.05) is 0 Å². The maximum absolute atomic E-state index is 3.42. The molecule has 0 bridgehead atoms. The first-order valence-corrected chi connectivity index (χ1v) is 7.54. The van der Waals surface area contributed by atoms with Gasteiger partial charge in [-0.3, -0.25) is 4.90 Å². The zero-order valence-corrected chi connectivity index (χ0v) is 11.5. The summed E-state index contributed by atoms with van der Waals surface area (Å²) in [6, 6.07) is 0. The van der Waals surface area contributed by atoms with E-state index in [2.05, 4.69) is 22.0 Å². The van der Waals surface area contributed by atoms with Gasteiger partial charge in [0.15, 0.2) is 0 Å². The van der Waals surface area contributed by atoms with Gasteiger partial charge in [0.2, 0.25) is 0 Å². The highest BCUT2D eigenvalue weighted by Crippen LogP contribution is 2.19. The van der Waals surface area contributed by atoms with Gasteiger partial charge in [-0.25, -0.2) is 0 Å². The van der Waals surface area contributed by atoms with Crippen LogP contribution in [0.25, 0.3) is 0 Å². The summed E-state index contributed by atoms with van der Waals surface area (Å²) < 4.78 is 0. The Balaban J connectivity index is 1.64. The molecule has 0 radical (unpaired) electrons. The van der Waals surface area contributed by atoms with Crippen LogP contribution in [0, 0.1) is 5.92 Å². The summed E-state index contributed by atoms with van der Waals surface area (Å²) >= 11 is 0. The molecule has 0 aromatic carbocycles. The minimum Gasteiger partial charge on any atom is -0.314 e. The van der Waals surface area contributed by atoms with E-state index in [9.17, 15) is 0 Å². The third kappa shape index (κ3) is 4.57. The van der Waals surface area contributed by atoms with E-state index >= 15 is 0 Å². The highest BCUT2D eigenvalue weighted by Gasteiger charge is 2.16. The van der Waals surface area contributed by atoms with Crippen molar-refractivity contribution in [2.24, 2.45) is 5.92 Å². The van der Waals surface area contributed by atoms with E-state index in [1.165, 1.54) is 78.0 Å². The topological polar surface area (TPSA) is 18.5 Å². The second-order valence-electron chi connectivity index (χ2n) is 5.64. The van der Waals surface area contributed by atoms with Crippen molar-refractivity contribution in [3.63, 3.8) is 0 Å². The van der Waals surface area contributed by atoms with Crippen LogP contribution in [0.2, 0.25) is 0 Å². The molecule has 1 atom stereocenters. The normalized spacial score (nSPS) is 29.1. The fourth-order valence-corrected chi connectivity index (χ4v) is 3.07. The summed E-state index contributed by atoms with van der Waals surface area (Å²) in [5.41, 5.74) is 0. The van der Waals surface area contributed by atoms with Gasteiger partial charge in [-0.2, -0.15) is 0 Å². The first-order valence-electron chi connectivity index (χ1n) is 7.54. The zero-order chi connectivity index (χ0) is 11.9. The van der Waals surface area contributed by atoms with Crippen LogP contribution in [-0.2, 0) is 0 Å². The molecule has 0 aromatic heterocycles. The first kappa shape index (κ1) is 13.3. The Bertz CT molecular complexity index is 202. The van der Waals surface area contributed by atoms with Crippen molar-refractivity contribution in [3.8, 4) is 0 Å². The quantitative estimate of drug-likeness (QED) is 0.800. The standard InChI is InChI=1S/C14H29N3/c1-2-14-4-3-8-16(9-5-14)12-13-17-10-6-15-7-11-17/h14-15H,2-13H2,1H3. The molecule has 2 rings (SSSR count). The molecule has 2 aliphatic heterocycles. The summed E-state index contributed by atoms with van der Waals surface area (Å²) in [7, 11) is 0. The van der Waals surface area contributed by atoms with Crippen LogP contribution in [0.4, 0.5) is 0 Å². The smallest absolute Gasteiger partial charge is 0.0110 e. The molecular weight excluding hydrogens is 210 g/mol. The SMILES string of the molecule is CCC1CCCN(CCN2CCNCC2)CC1. The minimum atomic E-state index is 0.999. The van der Waals surface area contributed by atoms with E-state index < -0.39 is 0 Å². The molecular formula is C14H29N3. The highest BCUT2D eigenvalue weighted by molar-refractivity contribution is 4.73. The molecule has 3 nitrogen and oxygen atoms in total. The van der Waals surface area contributed by atoms with Crippen molar-refractivity contribution < 1.29 is 0 Å². The lowest BCUT2D eigenvalue weighted by Gasteiger charge is -2.30. The maximum Gasteiger partial charge on any atom is 0.0110 e. The Morgan fingerprint density at radius 3 is 2.35 bits per heavy atom. The van der Waals surface area contributed by atoms with Crippen LogP contribution in [0.5, 0.6) is 0 Å². The predicted octanol–water partition coefficient (Wildman–Crippen LogP) is 1.40. The van der Waals surface area contributed by atoms with Gasteiger partial charge in [0.25, 0.3) is 0 Å². The molecule has 2 saturated heterocycles. The average molecular weight is 239 g/mol. The fraction of sp³-hybridized carbons (Fsp3) is 1.00. The maximum atomic E-state index is 3.42. The molecule has 0 spiro atoms. The van der Waals surface area contributed by atoms with Gasteiger partial charge in [-0.1, -0.05) is 13.3 Å². The minimum absolute atomic E-state index is 0.999. The van der Waals surface area contributed by atoms with Crippen molar-refractivity contribution in [1.82, 2.24) is 15.1 Å². The average Bonchev–Trinajstić information content (AvgIpc) is 2.62. The molecule has 2 fully saturated rings. The third-order valence-electron chi connectivity index (χ3n) is 4.46. The summed E-state index contributed by atoms with van der Waals surface area (Å²) in [5, 5.41) is 3.42. The van der Waals surface area contributed by atoms with Crippen LogP contribution < -0.4 is 5.32 Å². The van der Waals surface area contributed by atoms with Crippen molar-refractivity contribution in [3.05, 3.63) is 0 Å². The van der Waals surface area contributed by atoms with E-state index in [1.54, 1.807) is 0 Å². The van der Waals surface area contributed by atoms with Crippen molar-refractivity contribution in [1.29, 1.82) is 0 Å². The van der Waals surface area contributed by atoms with Gasteiger partial charge in [-0.05, 0) is 38.3 Å². The summed E-state index contributed by atoms with van der Waals surface area (Å²) in [6.45, 7) is 12.4. The fourth-order valence-electron chi connectivity index (χ4n) is 3.07. The Morgan fingerprint density at radius 2 is 1.65 bits per heavy atom. The van der Waals surface area contributed by atoms with E-state index in [4.69, 9.17) is 0 Å². The van der Waals surface area contributed by atoms with Crippen LogP contribution in [-0.4, -0.2) is 62.2 Å². The van der Waals surface area contributed by atoms with Crippen molar-refractivity contribution in [2.75, 3.05) is 52.4 Å². The molecule has 2 aliphatic rings. The van der Waals surface area contributed by atoms with Crippen molar-refractivity contribution >= 4 is 0 Å². The molecule has 0 aliphatic carbocycles. The molecule has 2 heterocycles. The number of piperazine rings is 1. The lowest BCUT2D eigenvalue weighted by Crippen LogP contribution is -2.46. The molecule has 17 heavy (non-hydrogen) atoms. The van der Waals surface area contributed by atoms with Crippen LogP contribution in [0.15, 0.2) is 0 Å².